The van der Waals surface area contributed by atoms with Gasteiger partial charge in [-0.1, -0.05) is 35.0 Å². The van der Waals surface area contributed by atoms with Crippen LogP contribution in [-0.2, 0) is 9.59 Å². The minimum absolute atomic E-state index is 0.000586. The number of rotatable bonds is 5. The molecule has 1 N–H and O–H groups in total. The molecule has 2 amide bonds. The number of carbonyl (C=O) groups excluding carboxylic acids is 2. The number of amides is 2. The van der Waals surface area contributed by atoms with Gasteiger partial charge >= 0.3 is 0 Å². The Morgan fingerprint density at radius 2 is 1.96 bits per heavy atom. The van der Waals surface area contributed by atoms with Gasteiger partial charge in [0.2, 0.25) is 11.8 Å². The molecule has 5 nitrogen and oxygen atoms in total. The van der Waals surface area contributed by atoms with Crippen molar-refractivity contribution in [3.8, 4) is 0 Å². The highest BCUT2D eigenvalue weighted by atomic mass is 35.5. The van der Waals surface area contributed by atoms with E-state index in [1.807, 2.05) is 27.7 Å². The Kier molecular flexibility index (Phi) is 6.77. The third-order valence-corrected chi connectivity index (χ3v) is 5.33. The molecule has 0 aromatic heterocycles. The van der Waals surface area contributed by atoms with E-state index in [0.717, 1.165) is 0 Å². The first-order valence-corrected chi connectivity index (χ1v) is 9.65. The van der Waals surface area contributed by atoms with Gasteiger partial charge in [-0.15, -0.1) is 0 Å². The highest BCUT2D eigenvalue weighted by Gasteiger charge is 2.40. The minimum atomic E-state index is -0.470. The fourth-order valence-electron chi connectivity index (χ4n) is 2.36. The first kappa shape index (κ1) is 20.1. The highest BCUT2D eigenvalue weighted by Crippen LogP contribution is 2.32. The molecular weight excluding hydrogens is 381 g/mol. The molecule has 1 heterocycles. The fraction of sp³-hybridized carbons (Fsp3) is 0.471. The van der Waals surface area contributed by atoms with Crippen LogP contribution in [0.5, 0.6) is 0 Å². The Balaban J connectivity index is 2.07. The molecule has 8 heteroatoms. The van der Waals surface area contributed by atoms with Crippen LogP contribution in [0.15, 0.2) is 23.2 Å². The van der Waals surface area contributed by atoms with Gasteiger partial charge in [-0.05, 0) is 45.9 Å². The van der Waals surface area contributed by atoms with E-state index >= 15 is 0 Å². The van der Waals surface area contributed by atoms with Gasteiger partial charge in [0.05, 0.1) is 10.0 Å². The number of amidine groups is 1. The van der Waals surface area contributed by atoms with Gasteiger partial charge in [0.1, 0.15) is 5.25 Å². The number of benzene rings is 1. The normalized spacial score (nSPS) is 19.4. The van der Waals surface area contributed by atoms with E-state index in [9.17, 15) is 9.59 Å². The second kappa shape index (κ2) is 8.43. The van der Waals surface area contributed by atoms with Crippen molar-refractivity contribution >= 4 is 57.6 Å². The summed E-state index contributed by atoms with van der Waals surface area (Å²) in [7, 11) is 0. The van der Waals surface area contributed by atoms with E-state index < -0.39 is 5.25 Å². The zero-order valence-electron chi connectivity index (χ0n) is 14.5. The molecule has 1 aromatic rings. The molecule has 1 unspecified atom stereocenters. The zero-order valence-corrected chi connectivity index (χ0v) is 16.9. The molecule has 1 saturated heterocycles. The summed E-state index contributed by atoms with van der Waals surface area (Å²) in [5.41, 5.74) is 0.548. The third kappa shape index (κ3) is 5.12. The molecule has 1 fully saturated rings. The lowest BCUT2D eigenvalue weighted by molar-refractivity contribution is -0.129. The van der Waals surface area contributed by atoms with Gasteiger partial charge in [0.25, 0.3) is 0 Å². The van der Waals surface area contributed by atoms with Crippen molar-refractivity contribution in [1.29, 1.82) is 0 Å². The van der Waals surface area contributed by atoms with Crippen LogP contribution >= 0.6 is 35.0 Å². The lowest BCUT2D eigenvalue weighted by atomic mass is 10.2. The summed E-state index contributed by atoms with van der Waals surface area (Å²) in [5, 5.41) is 3.75. The summed E-state index contributed by atoms with van der Waals surface area (Å²) in [6.07, 6.45) is 0.0735. The number of thioether (sulfide) groups is 1. The van der Waals surface area contributed by atoms with E-state index in [1.165, 1.54) is 11.8 Å². The van der Waals surface area contributed by atoms with Crippen molar-refractivity contribution in [2.45, 2.75) is 51.4 Å². The van der Waals surface area contributed by atoms with Crippen LogP contribution in [0.4, 0.5) is 5.69 Å². The summed E-state index contributed by atoms with van der Waals surface area (Å²) >= 11 is 13.2. The van der Waals surface area contributed by atoms with Crippen molar-refractivity contribution in [1.82, 2.24) is 4.90 Å². The molecule has 0 radical (unpaired) electrons. The van der Waals surface area contributed by atoms with Crippen molar-refractivity contribution in [3.05, 3.63) is 28.2 Å². The first-order chi connectivity index (χ1) is 11.7. The molecule has 25 heavy (non-hydrogen) atoms. The van der Waals surface area contributed by atoms with E-state index in [-0.39, 0.29) is 30.3 Å². The molecule has 1 aliphatic rings. The molecule has 0 bridgehead atoms. The van der Waals surface area contributed by atoms with Gasteiger partial charge in [-0.25, -0.2) is 0 Å². The molecule has 1 aromatic carbocycles. The van der Waals surface area contributed by atoms with Crippen molar-refractivity contribution < 1.29 is 9.59 Å². The topological polar surface area (TPSA) is 61.8 Å². The Morgan fingerprint density at radius 3 is 2.52 bits per heavy atom. The SMILES string of the molecule is CC(C)N=C1SC(CC(=O)Nc2ccc(Cl)c(Cl)c2)C(=O)N1C(C)C. The summed E-state index contributed by atoms with van der Waals surface area (Å²) < 4.78 is 0. The number of anilines is 1. The maximum absolute atomic E-state index is 12.6. The number of nitrogens with one attached hydrogen (secondary N) is 1. The fourth-order valence-corrected chi connectivity index (χ4v) is 4.04. The summed E-state index contributed by atoms with van der Waals surface area (Å²) in [4.78, 5) is 31.1. The number of hydrogen-bond donors (Lipinski definition) is 1. The van der Waals surface area contributed by atoms with Crippen LogP contribution in [0.3, 0.4) is 0 Å². The van der Waals surface area contributed by atoms with Gasteiger partial charge in [0, 0.05) is 24.2 Å². The second-order valence-corrected chi connectivity index (χ2v) is 8.28. The molecule has 136 valence electrons. The molecule has 0 spiro atoms. The summed E-state index contributed by atoms with van der Waals surface area (Å²) in [6.45, 7) is 7.79. The third-order valence-electron chi connectivity index (χ3n) is 3.43. The van der Waals surface area contributed by atoms with E-state index in [4.69, 9.17) is 23.2 Å². The Hall–Kier alpha value is -1.24. The average Bonchev–Trinajstić information content (AvgIpc) is 2.78. The maximum atomic E-state index is 12.6. The number of halogens is 2. The van der Waals surface area contributed by atoms with Crippen molar-refractivity contribution in [2.24, 2.45) is 4.99 Å². The van der Waals surface area contributed by atoms with Crippen LogP contribution in [0.2, 0.25) is 10.0 Å². The number of aliphatic imine (C=N–C) groups is 1. The van der Waals surface area contributed by atoms with E-state index in [0.29, 0.717) is 20.9 Å². The molecule has 0 saturated carbocycles. The Labute approximate surface area is 162 Å². The smallest absolute Gasteiger partial charge is 0.242 e. The molecule has 1 aliphatic heterocycles. The van der Waals surface area contributed by atoms with Crippen LogP contribution in [0.1, 0.15) is 34.1 Å². The minimum Gasteiger partial charge on any atom is -0.326 e. The van der Waals surface area contributed by atoms with Crippen LogP contribution in [0.25, 0.3) is 0 Å². The predicted molar refractivity (Wildman–Crippen MR) is 106 cm³/mol. The lowest BCUT2D eigenvalue weighted by Gasteiger charge is -2.21. The van der Waals surface area contributed by atoms with E-state index in [2.05, 4.69) is 10.3 Å². The van der Waals surface area contributed by atoms with Crippen LogP contribution < -0.4 is 5.32 Å². The number of carbonyl (C=O) groups is 2. The zero-order chi connectivity index (χ0) is 18.7. The molecular formula is C17H21Cl2N3O2S. The van der Waals surface area contributed by atoms with Gasteiger partial charge in [-0.3, -0.25) is 19.5 Å². The standard InChI is InChI=1S/C17H21Cl2N3O2S/c1-9(2)20-17-22(10(3)4)16(24)14(25-17)8-15(23)21-11-5-6-12(18)13(19)7-11/h5-7,9-10,14H,8H2,1-4H3,(H,21,23). The average molecular weight is 402 g/mol. The lowest BCUT2D eigenvalue weighted by Crippen LogP contribution is -2.38. The predicted octanol–water partition coefficient (Wildman–Crippen LogP) is 4.44. The van der Waals surface area contributed by atoms with Crippen molar-refractivity contribution in [3.63, 3.8) is 0 Å². The number of nitrogens with zero attached hydrogens (tertiary/aromatic N) is 2. The van der Waals surface area contributed by atoms with Gasteiger partial charge in [-0.2, -0.15) is 0 Å². The second-order valence-electron chi connectivity index (χ2n) is 6.30. The Morgan fingerprint density at radius 1 is 1.28 bits per heavy atom. The maximum Gasteiger partial charge on any atom is 0.242 e. The molecule has 2 rings (SSSR count). The first-order valence-electron chi connectivity index (χ1n) is 8.01. The van der Waals surface area contributed by atoms with Crippen molar-refractivity contribution in [2.75, 3.05) is 5.32 Å². The number of hydrogen-bond acceptors (Lipinski definition) is 4. The highest BCUT2D eigenvalue weighted by molar-refractivity contribution is 8.15. The quantitative estimate of drug-likeness (QED) is 0.792. The summed E-state index contributed by atoms with van der Waals surface area (Å²) in [6, 6.07) is 4.95. The monoisotopic (exact) mass is 401 g/mol. The van der Waals surface area contributed by atoms with Crippen LogP contribution in [0, 0.1) is 0 Å². The van der Waals surface area contributed by atoms with Crippen LogP contribution in [-0.4, -0.2) is 39.2 Å². The molecule has 0 aliphatic carbocycles. The van der Waals surface area contributed by atoms with Gasteiger partial charge < -0.3 is 5.32 Å². The Bertz CT molecular complexity index is 707. The van der Waals surface area contributed by atoms with Gasteiger partial charge in [0.15, 0.2) is 5.17 Å². The summed E-state index contributed by atoms with van der Waals surface area (Å²) in [5.74, 6) is -0.331. The van der Waals surface area contributed by atoms with E-state index in [1.54, 1.807) is 23.1 Å². The largest absolute Gasteiger partial charge is 0.326 e. The molecule has 1 atom stereocenters.